The molecule has 5 rings (SSSR count). The smallest absolute Gasteiger partial charge is 0.269 e. The number of carbonyl (C=O) groups is 1. The molecule has 0 saturated carbocycles. The largest absolute Gasteiger partial charge is 0.394 e. The number of aromatic nitrogens is 6. The maximum atomic E-state index is 12.3. The van der Waals surface area contributed by atoms with E-state index >= 15 is 0 Å². The normalized spacial score (nSPS) is 16.8. The zero-order valence-electron chi connectivity index (χ0n) is 18.1. The fourth-order valence-corrected chi connectivity index (χ4v) is 3.99. The predicted molar refractivity (Wildman–Crippen MR) is 122 cm³/mol. The van der Waals surface area contributed by atoms with Gasteiger partial charge in [0.05, 0.1) is 18.3 Å². The highest BCUT2D eigenvalue weighted by Crippen LogP contribution is 2.34. The number of aliphatic hydroxyl groups excluding tert-OH is 1. The number of rotatable bonds is 7. The lowest BCUT2D eigenvalue weighted by Gasteiger charge is -2.24. The van der Waals surface area contributed by atoms with Crippen molar-refractivity contribution in [2.24, 2.45) is 0 Å². The second-order valence-electron chi connectivity index (χ2n) is 8.04. The molecule has 2 atom stereocenters. The maximum Gasteiger partial charge on any atom is 0.269 e. The van der Waals surface area contributed by atoms with Gasteiger partial charge in [0.1, 0.15) is 11.3 Å². The van der Waals surface area contributed by atoms with Crippen LogP contribution in [0.3, 0.4) is 0 Å². The summed E-state index contributed by atoms with van der Waals surface area (Å²) in [5.74, 6) is 1.25. The van der Waals surface area contributed by atoms with E-state index in [1.54, 1.807) is 13.0 Å². The number of hydrogen-bond donors (Lipinski definition) is 4. The SMILES string of the molecule is C[C@@H](CO)NC(=O)c1cc(Nc2nc(N3CCCC3c3ccccn3)nc3cccn23)n[nH]1. The van der Waals surface area contributed by atoms with Gasteiger partial charge in [0.15, 0.2) is 5.82 Å². The standard InChI is InChI=1S/C22H25N9O2/c1-14(13-32)24-20(33)16-12-18(29-28-16)25-21-27-22(26-19-8-5-11-31(19)21)30-10-4-7-17(30)15-6-2-3-9-23-15/h2-3,5-6,8-9,11-12,14,17,32H,4,7,10,13H2,1H3,(H,24,33)(H2,25,26,27,28,29)/t14-,17?/m0/s1. The number of pyridine rings is 1. The minimum Gasteiger partial charge on any atom is -0.394 e. The summed E-state index contributed by atoms with van der Waals surface area (Å²) < 4.78 is 1.83. The Morgan fingerprint density at radius 1 is 1.30 bits per heavy atom. The van der Waals surface area contributed by atoms with E-state index < -0.39 is 0 Å². The summed E-state index contributed by atoms with van der Waals surface area (Å²) in [6.45, 7) is 2.42. The molecule has 0 spiro atoms. The number of amides is 1. The van der Waals surface area contributed by atoms with Gasteiger partial charge in [-0.3, -0.25) is 19.3 Å². The lowest BCUT2D eigenvalue weighted by molar-refractivity contribution is 0.0917. The monoisotopic (exact) mass is 447 g/mol. The van der Waals surface area contributed by atoms with E-state index in [0.29, 0.717) is 17.7 Å². The molecule has 1 fully saturated rings. The zero-order chi connectivity index (χ0) is 22.8. The summed E-state index contributed by atoms with van der Waals surface area (Å²) >= 11 is 0. The molecule has 1 aliphatic rings. The molecule has 1 saturated heterocycles. The Labute approximate surface area is 189 Å². The summed E-state index contributed by atoms with van der Waals surface area (Å²) in [6.07, 6.45) is 5.69. The first kappa shape index (κ1) is 20.9. The van der Waals surface area contributed by atoms with Gasteiger partial charge in [0.2, 0.25) is 11.9 Å². The van der Waals surface area contributed by atoms with Crippen molar-refractivity contribution in [3.8, 4) is 0 Å². The number of H-pyrrole nitrogens is 1. The quantitative estimate of drug-likeness (QED) is 0.338. The second kappa shape index (κ2) is 8.87. The molecule has 11 heteroatoms. The molecule has 11 nitrogen and oxygen atoms in total. The Kier molecular flexibility index (Phi) is 5.61. The Balaban J connectivity index is 1.43. The third kappa shape index (κ3) is 4.22. The van der Waals surface area contributed by atoms with Crippen molar-refractivity contribution < 1.29 is 9.90 Å². The van der Waals surface area contributed by atoms with Crippen LogP contribution in [-0.2, 0) is 0 Å². The van der Waals surface area contributed by atoms with Crippen molar-refractivity contribution in [2.45, 2.75) is 31.8 Å². The Morgan fingerprint density at radius 2 is 2.21 bits per heavy atom. The molecule has 0 aliphatic carbocycles. The number of nitrogens with one attached hydrogen (secondary N) is 3. The molecule has 1 amide bonds. The highest BCUT2D eigenvalue weighted by atomic mass is 16.3. The molecular weight excluding hydrogens is 422 g/mol. The number of nitrogens with zero attached hydrogens (tertiary/aromatic N) is 6. The van der Waals surface area contributed by atoms with E-state index in [2.05, 4.69) is 30.7 Å². The van der Waals surface area contributed by atoms with Crippen molar-refractivity contribution in [1.82, 2.24) is 34.9 Å². The van der Waals surface area contributed by atoms with Crippen LogP contribution < -0.4 is 15.5 Å². The number of carbonyl (C=O) groups excluding carboxylic acids is 1. The van der Waals surface area contributed by atoms with Crippen LogP contribution in [0.2, 0.25) is 0 Å². The van der Waals surface area contributed by atoms with E-state index in [1.807, 2.05) is 47.1 Å². The molecule has 4 N–H and O–H groups in total. The van der Waals surface area contributed by atoms with Gasteiger partial charge in [0.25, 0.3) is 5.91 Å². The lowest BCUT2D eigenvalue weighted by Crippen LogP contribution is -2.35. The molecule has 33 heavy (non-hydrogen) atoms. The molecule has 1 aliphatic heterocycles. The highest BCUT2D eigenvalue weighted by Gasteiger charge is 2.29. The van der Waals surface area contributed by atoms with Gasteiger partial charge < -0.3 is 20.6 Å². The summed E-state index contributed by atoms with van der Waals surface area (Å²) in [6, 6.07) is 11.1. The van der Waals surface area contributed by atoms with Crippen LogP contribution in [0.4, 0.5) is 17.7 Å². The van der Waals surface area contributed by atoms with Crippen molar-refractivity contribution in [1.29, 1.82) is 0 Å². The average molecular weight is 448 g/mol. The average Bonchev–Trinajstić information content (AvgIpc) is 3.59. The molecule has 0 radical (unpaired) electrons. The number of fused-ring (bicyclic) bond motifs is 1. The number of aliphatic hydroxyl groups is 1. The summed E-state index contributed by atoms with van der Waals surface area (Å²) in [5.41, 5.74) is 2.04. The van der Waals surface area contributed by atoms with Gasteiger partial charge in [0, 0.05) is 31.0 Å². The number of hydrogen-bond acceptors (Lipinski definition) is 8. The van der Waals surface area contributed by atoms with Gasteiger partial charge in [-0.15, -0.1) is 0 Å². The second-order valence-corrected chi connectivity index (χ2v) is 8.04. The minimum absolute atomic E-state index is 0.116. The predicted octanol–water partition coefficient (Wildman–Crippen LogP) is 2.04. The third-order valence-electron chi connectivity index (χ3n) is 5.63. The highest BCUT2D eigenvalue weighted by molar-refractivity contribution is 5.93. The van der Waals surface area contributed by atoms with Crippen LogP contribution in [-0.4, -0.2) is 59.8 Å². The molecular formula is C22H25N9O2. The molecule has 5 heterocycles. The molecule has 4 aromatic rings. The Morgan fingerprint density at radius 3 is 3.03 bits per heavy atom. The maximum absolute atomic E-state index is 12.3. The van der Waals surface area contributed by atoms with Gasteiger partial charge >= 0.3 is 0 Å². The first-order valence-electron chi connectivity index (χ1n) is 10.9. The third-order valence-corrected chi connectivity index (χ3v) is 5.63. The van der Waals surface area contributed by atoms with Crippen LogP contribution >= 0.6 is 0 Å². The van der Waals surface area contributed by atoms with Crippen molar-refractivity contribution in [3.63, 3.8) is 0 Å². The number of aromatic amines is 1. The van der Waals surface area contributed by atoms with Gasteiger partial charge in [-0.1, -0.05) is 6.07 Å². The first-order valence-corrected chi connectivity index (χ1v) is 10.9. The van der Waals surface area contributed by atoms with Crippen LogP contribution in [0.15, 0.2) is 48.8 Å². The molecule has 0 aromatic carbocycles. The van der Waals surface area contributed by atoms with E-state index in [9.17, 15) is 4.79 Å². The lowest BCUT2D eigenvalue weighted by atomic mass is 10.1. The van der Waals surface area contributed by atoms with Crippen LogP contribution in [0.1, 0.15) is 42.0 Å². The first-order chi connectivity index (χ1) is 16.1. The Bertz CT molecular complexity index is 1250. The molecule has 170 valence electrons. The van der Waals surface area contributed by atoms with E-state index in [4.69, 9.17) is 15.1 Å². The zero-order valence-corrected chi connectivity index (χ0v) is 18.1. The van der Waals surface area contributed by atoms with E-state index in [1.165, 1.54) is 0 Å². The van der Waals surface area contributed by atoms with E-state index in [0.717, 1.165) is 30.7 Å². The summed E-state index contributed by atoms with van der Waals surface area (Å²) in [4.78, 5) is 28.6. The van der Waals surface area contributed by atoms with Gasteiger partial charge in [-0.05, 0) is 44.0 Å². The van der Waals surface area contributed by atoms with Gasteiger partial charge in [-0.2, -0.15) is 15.1 Å². The van der Waals surface area contributed by atoms with E-state index in [-0.39, 0.29) is 30.3 Å². The summed E-state index contributed by atoms with van der Waals surface area (Å²) in [5, 5.41) is 21.9. The van der Waals surface area contributed by atoms with Crippen LogP contribution in [0.5, 0.6) is 0 Å². The molecule has 0 bridgehead atoms. The van der Waals surface area contributed by atoms with Gasteiger partial charge in [-0.25, -0.2) is 0 Å². The topological polar surface area (TPSA) is 136 Å². The fourth-order valence-electron chi connectivity index (χ4n) is 3.99. The summed E-state index contributed by atoms with van der Waals surface area (Å²) in [7, 11) is 0. The van der Waals surface area contributed by atoms with Crippen molar-refractivity contribution in [3.05, 3.63) is 60.2 Å². The fraction of sp³-hybridized carbons (Fsp3) is 0.318. The van der Waals surface area contributed by atoms with Crippen LogP contribution in [0.25, 0.3) is 5.65 Å². The number of anilines is 3. The molecule has 1 unspecified atom stereocenters. The van der Waals surface area contributed by atoms with Crippen LogP contribution in [0, 0.1) is 0 Å². The Hall–Kier alpha value is -3.99. The molecule has 4 aromatic heterocycles. The van der Waals surface area contributed by atoms with Crippen molar-refractivity contribution in [2.75, 3.05) is 23.4 Å². The van der Waals surface area contributed by atoms with Crippen molar-refractivity contribution >= 4 is 29.3 Å². The minimum atomic E-state index is -0.353.